The number of hydrogen-bond donors (Lipinski definition) is 0. The van der Waals surface area contributed by atoms with Crippen molar-refractivity contribution >= 4 is 95.0 Å². The van der Waals surface area contributed by atoms with Gasteiger partial charge in [0.05, 0.1) is 5.69 Å². The molecule has 0 saturated heterocycles. The van der Waals surface area contributed by atoms with Crippen molar-refractivity contribution in [3.8, 4) is 11.1 Å². The lowest BCUT2D eigenvalue weighted by atomic mass is 9.36. The first-order chi connectivity index (χ1) is 35.0. The molecule has 1 aliphatic carbocycles. The van der Waals surface area contributed by atoms with Crippen LogP contribution in [0.2, 0.25) is 0 Å². The van der Waals surface area contributed by atoms with Gasteiger partial charge >= 0.3 is 0 Å². The summed E-state index contributed by atoms with van der Waals surface area (Å²) in [5, 5.41) is 1.31. The fraction of sp³-hybridized carbons (Fsp3) is 0.275. The minimum absolute atomic E-state index is 0.00595. The zero-order valence-electron chi connectivity index (χ0n) is 46.0. The maximum absolute atomic E-state index is 2.61. The van der Waals surface area contributed by atoms with Gasteiger partial charge in [0.15, 0.2) is 0 Å². The van der Waals surface area contributed by atoms with Crippen LogP contribution in [0.4, 0.5) is 51.2 Å². The van der Waals surface area contributed by atoms with Crippen LogP contribution >= 0.6 is 11.3 Å². The van der Waals surface area contributed by atoms with Crippen LogP contribution in [0.25, 0.3) is 21.2 Å². The number of benzene rings is 8. The smallest absolute Gasteiger partial charge is 0.264 e. The molecule has 0 saturated carbocycles. The van der Waals surface area contributed by atoms with Gasteiger partial charge in [-0.3, -0.25) is 0 Å². The number of thiophene rings is 1. The molecule has 0 fully saturated rings. The van der Waals surface area contributed by atoms with Crippen LogP contribution in [0.5, 0.6) is 0 Å². The van der Waals surface area contributed by atoms with Gasteiger partial charge in [-0.1, -0.05) is 182 Å². The van der Waals surface area contributed by atoms with Crippen LogP contribution in [-0.2, 0) is 27.1 Å². The molecule has 1 aromatic heterocycles. The molecule has 3 heterocycles. The summed E-state index contributed by atoms with van der Waals surface area (Å²) in [6.45, 7) is 32.4. The fourth-order valence-electron chi connectivity index (χ4n) is 12.2. The fourth-order valence-corrected chi connectivity index (χ4v) is 13.5. The number of fused-ring (bicyclic) bond motifs is 9. The summed E-state index contributed by atoms with van der Waals surface area (Å²) in [5.41, 5.74) is 24.2. The standard InChI is InChI=1S/C69H70BN3S/c1-65(2,3)43-22-30-47(31-23-43)71(48-32-24-44(25-33-48)66(4,5)6)51-38-39-57-60(40-51)72(49-34-26-45(27-35-49)67(7,8)9)58-20-17-21-59-62(58)70(57)64-63(73(59)50-36-28-46(29-37-50)68(10,11)12)54-41-53-52-18-15-16-19-55(52)69(13,14)56(53)42-61(54)74-64/h15-42H,1-14H3. The van der Waals surface area contributed by atoms with Gasteiger partial charge in [0.1, 0.15) is 0 Å². The average molecular weight is 984 g/mol. The third-order valence-corrected chi connectivity index (χ3v) is 17.7. The molecule has 0 amide bonds. The summed E-state index contributed by atoms with van der Waals surface area (Å²) < 4.78 is 2.72. The predicted molar refractivity (Wildman–Crippen MR) is 323 cm³/mol. The topological polar surface area (TPSA) is 9.72 Å². The second kappa shape index (κ2) is 16.6. The van der Waals surface area contributed by atoms with E-state index < -0.39 is 0 Å². The van der Waals surface area contributed by atoms with Crippen molar-refractivity contribution in [3.05, 3.63) is 203 Å². The molecule has 0 spiro atoms. The predicted octanol–water partition coefficient (Wildman–Crippen LogP) is 17.9. The minimum Gasteiger partial charge on any atom is -0.311 e. The van der Waals surface area contributed by atoms with Crippen LogP contribution in [0.3, 0.4) is 0 Å². The Kier molecular flexibility index (Phi) is 10.8. The van der Waals surface area contributed by atoms with Gasteiger partial charge in [0.2, 0.25) is 0 Å². The highest BCUT2D eigenvalue weighted by Gasteiger charge is 2.46. The van der Waals surface area contributed by atoms with E-state index >= 15 is 0 Å². The second-order valence-electron chi connectivity index (χ2n) is 26.0. The maximum atomic E-state index is 2.61. The minimum atomic E-state index is -0.105. The molecule has 0 radical (unpaired) electrons. The zero-order chi connectivity index (χ0) is 52.0. The summed E-state index contributed by atoms with van der Waals surface area (Å²) in [4.78, 5) is 7.64. The molecule has 0 atom stereocenters. The van der Waals surface area contributed by atoms with Crippen LogP contribution in [0, 0.1) is 0 Å². The molecule has 8 aromatic carbocycles. The first-order valence-electron chi connectivity index (χ1n) is 26.8. The van der Waals surface area contributed by atoms with Gasteiger partial charge in [0, 0.05) is 65.8 Å². The lowest BCUT2D eigenvalue weighted by Gasteiger charge is -2.43. The van der Waals surface area contributed by atoms with E-state index in [2.05, 4.69) is 281 Å². The molecule has 9 aromatic rings. The van der Waals surface area contributed by atoms with E-state index in [9.17, 15) is 0 Å². The molecule has 0 unspecified atom stereocenters. The molecule has 370 valence electrons. The largest absolute Gasteiger partial charge is 0.311 e. The lowest BCUT2D eigenvalue weighted by Crippen LogP contribution is -2.60. The lowest BCUT2D eigenvalue weighted by molar-refractivity contribution is 0.590. The number of anilines is 9. The SMILES string of the molecule is CC(C)(C)c1ccc(N(c2ccc(C(C)(C)C)cc2)c2ccc3c(c2)N(c2ccc(C(C)(C)C)cc2)c2cccc4c2B3c2sc3cc5c(cc3c2N4c2ccc(C(C)(C)C)cc2)-c2ccccc2C5(C)C)cc1. The van der Waals surface area contributed by atoms with Gasteiger partial charge in [0.25, 0.3) is 6.71 Å². The Morgan fingerprint density at radius 3 is 1.43 bits per heavy atom. The molecule has 3 aliphatic rings. The van der Waals surface area contributed by atoms with Crippen LogP contribution < -0.4 is 30.4 Å². The molecule has 2 aliphatic heterocycles. The van der Waals surface area contributed by atoms with Gasteiger partial charge in [-0.2, -0.15) is 0 Å². The second-order valence-corrected chi connectivity index (χ2v) is 27.0. The van der Waals surface area contributed by atoms with Crippen molar-refractivity contribution < 1.29 is 0 Å². The normalized spacial score (nSPS) is 14.6. The van der Waals surface area contributed by atoms with Gasteiger partial charge in [-0.15, -0.1) is 11.3 Å². The van der Waals surface area contributed by atoms with Gasteiger partial charge < -0.3 is 14.7 Å². The van der Waals surface area contributed by atoms with E-state index in [-0.39, 0.29) is 33.8 Å². The highest BCUT2D eigenvalue weighted by Crippen LogP contribution is 2.54. The monoisotopic (exact) mass is 984 g/mol. The van der Waals surface area contributed by atoms with Crippen molar-refractivity contribution in [1.29, 1.82) is 0 Å². The summed E-state index contributed by atoms with van der Waals surface area (Å²) in [6.07, 6.45) is 0. The van der Waals surface area contributed by atoms with Crippen LogP contribution in [0.1, 0.15) is 130 Å². The zero-order valence-corrected chi connectivity index (χ0v) is 46.8. The first kappa shape index (κ1) is 48.1. The molecule has 0 bridgehead atoms. The Balaban J connectivity index is 1.13. The molecular weight excluding hydrogens is 914 g/mol. The van der Waals surface area contributed by atoms with Crippen molar-refractivity contribution in [2.45, 2.75) is 124 Å². The Morgan fingerprint density at radius 1 is 0.432 bits per heavy atom. The Labute approximate surface area is 445 Å². The van der Waals surface area contributed by atoms with E-state index in [0.717, 1.165) is 22.7 Å². The van der Waals surface area contributed by atoms with Crippen molar-refractivity contribution in [2.24, 2.45) is 0 Å². The molecule has 5 heteroatoms. The van der Waals surface area contributed by atoms with E-state index in [1.807, 2.05) is 11.3 Å². The average Bonchev–Trinajstić information content (AvgIpc) is 3.84. The van der Waals surface area contributed by atoms with E-state index in [0.29, 0.717) is 0 Å². The summed E-state index contributed by atoms with van der Waals surface area (Å²) in [5.74, 6) is 0. The Hall–Kier alpha value is -6.82. The number of hydrogen-bond acceptors (Lipinski definition) is 4. The van der Waals surface area contributed by atoms with Gasteiger partial charge in [-0.05, 0) is 162 Å². The van der Waals surface area contributed by atoms with E-state index in [1.54, 1.807) is 0 Å². The van der Waals surface area contributed by atoms with Crippen LogP contribution in [-0.4, -0.2) is 6.71 Å². The Morgan fingerprint density at radius 2 is 0.905 bits per heavy atom. The van der Waals surface area contributed by atoms with E-state index in [1.165, 1.54) is 98.7 Å². The van der Waals surface area contributed by atoms with Crippen molar-refractivity contribution in [3.63, 3.8) is 0 Å². The molecule has 74 heavy (non-hydrogen) atoms. The molecule has 3 nitrogen and oxygen atoms in total. The third kappa shape index (κ3) is 7.66. The van der Waals surface area contributed by atoms with Crippen LogP contribution in [0.15, 0.2) is 170 Å². The maximum Gasteiger partial charge on any atom is 0.264 e. The molecule has 0 N–H and O–H groups in total. The third-order valence-electron chi connectivity index (χ3n) is 16.5. The van der Waals surface area contributed by atoms with E-state index in [4.69, 9.17) is 0 Å². The Bertz CT molecular complexity index is 3610. The van der Waals surface area contributed by atoms with Crippen molar-refractivity contribution in [1.82, 2.24) is 0 Å². The highest BCUT2D eigenvalue weighted by molar-refractivity contribution is 7.33. The summed E-state index contributed by atoms with van der Waals surface area (Å²) in [6, 6.07) is 65.9. The highest BCUT2D eigenvalue weighted by atomic mass is 32.1. The quantitative estimate of drug-likeness (QED) is 0.159. The number of rotatable bonds is 5. The first-order valence-corrected chi connectivity index (χ1v) is 27.6. The van der Waals surface area contributed by atoms with Gasteiger partial charge in [-0.25, -0.2) is 0 Å². The summed E-state index contributed by atoms with van der Waals surface area (Å²) in [7, 11) is 0. The molecular formula is C69H70BN3S. The van der Waals surface area contributed by atoms with Crippen molar-refractivity contribution in [2.75, 3.05) is 14.7 Å². The summed E-state index contributed by atoms with van der Waals surface area (Å²) >= 11 is 2.00. The number of nitrogens with zero attached hydrogens (tertiary/aromatic N) is 3. The molecule has 12 rings (SSSR count).